The van der Waals surface area contributed by atoms with Gasteiger partial charge in [0.2, 0.25) is 11.8 Å². The first-order chi connectivity index (χ1) is 11.4. The molecule has 2 amide bonds. The molecule has 1 aromatic rings. The third-order valence-electron chi connectivity index (χ3n) is 4.07. The number of carboxylic acids is 1. The second-order valence-electron chi connectivity index (χ2n) is 6.52. The lowest BCUT2D eigenvalue weighted by Crippen LogP contribution is -2.42. The molecule has 0 fully saturated rings. The molecule has 0 saturated heterocycles. The zero-order valence-electron chi connectivity index (χ0n) is 14.1. The molecule has 1 aliphatic rings. The van der Waals surface area contributed by atoms with Crippen molar-refractivity contribution in [2.75, 3.05) is 6.54 Å². The minimum Gasteiger partial charge on any atom is -0.480 e. The molecule has 0 saturated carbocycles. The number of aliphatic carboxylic acids is 1. The van der Waals surface area contributed by atoms with E-state index in [4.69, 9.17) is 5.11 Å². The lowest BCUT2D eigenvalue weighted by atomic mass is 10.0. The van der Waals surface area contributed by atoms with Crippen LogP contribution in [-0.2, 0) is 27.3 Å². The number of amides is 2. The molecular weight excluding hydrogens is 328 g/mol. The van der Waals surface area contributed by atoms with E-state index in [1.165, 1.54) is 10.4 Å². The van der Waals surface area contributed by atoms with Crippen LogP contribution < -0.4 is 5.32 Å². The molecule has 0 aliphatic carbocycles. The fourth-order valence-electron chi connectivity index (χ4n) is 2.80. The number of hydrogen-bond acceptors (Lipinski definition) is 4. The Balaban J connectivity index is 1.79. The highest BCUT2D eigenvalue weighted by atomic mass is 32.1. The van der Waals surface area contributed by atoms with Crippen molar-refractivity contribution >= 4 is 29.1 Å². The van der Waals surface area contributed by atoms with Crippen LogP contribution >= 0.6 is 11.3 Å². The molecule has 132 valence electrons. The Labute approximate surface area is 145 Å². The minimum absolute atomic E-state index is 0.0215. The van der Waals surface area contributed by atoms with Crippen LogP contribution in [0.4, 0.5) is 0 Å². The maximum Gasteiger partial charge on any atom is 0.326 e. The maximum absolute atomic E-state index is 12.3. The first-order valence-corrected chi connectivity index (χ1v) is 9.10. The fraction of sp³-hybridized carbons (Fsp3) is 0.588. The Morgan fingerprint density at radius 1 is 1.33 bits per heavy atom. The van der Waals surface area contributed by atoms with Gasteiger partial charge in [-0.1, -0.05) is 13.8 Å². The van der Waals surface area contributed by atoms with E-state index < -0.39 is 12.0 Å². The minimum atomic E-state index is -1.04. The van der Waals surface area contributed by atoms with Crippen molar-refractivity contribution in [2.24, 2.45) is 5.92 Å². The van der Waals surface area contributed by atoms with E-state index in [-0.39, 0.29) is 30.6 Å². The van der Waals surface area contributed by atoms with Crippen LogP contribution in [0.5, 0.6) is 0 Å². The zero-order chi connectivity index (χ0) is 17.7. The van der Waals surface area contributed by atoms with Crippen LogP contribution in [0.1, 0.15) is 43.6 Å². The number of carboxylic acid groups (broad SMARTS) is 1. The van der Waals surface area contributed by atoms with Crippen LogP contribution in [-0.4, -0.2) is 40.4 Å². The van der Waals surface area contributed by atoms with Crippen molar-refractivity contribution in [3.05, 3.63) is 21.9 Å². The molecule has 0 aromatic carbocycles. The molecule has 2 heterocycles. The average molecular weight is 352 g/mol. The second kappa shape index (κ2) is 8.28. The van der Waals surface area contributed by atoms with Crippen molar-refractivity contribution in [1.82, 2.24) is 10.2 Å². The molecule has 7 heteroatoms. The Hall–Kier alpha value is -1.89. The molecule has 1 aliphatic heterocycles. The van der Waals surface area contributed by atoms with Crippen molar-refractivity contribution in [2.45, 2.75) is 52.1 Å². The molecule has 6 nitrogen and oxygen atoms in total. The Kier molecular flexibility index (Phi) is 6.36. The van der Waals surface area contributed by atoms with E-state index in [1.54, 1.807) is 16.2 Å². The van der Waals surface area contributed by atoms with Gasteiger partial charge in [-0.3, -0.25) is 9.59 Å². The topological polar surface area (TPSA) is 86.7 Å². The van der Waals surface area contributed by atoms with Gasteiger partial charge in [0.05, 0.1) is 0 Å². The number of rotatable bonds is 7. The predicted octanol–water partition coefficient (Wildman–Crippen LogP) is 2.03. The third-order valence-corrected chi connectivity index (χ3v) is 5.09. The van der Waals surface area contributed by atoms with Gasteiger partial charge in [0.25, 0.3) is 0 Å². The molecular formula is C17H24N2O4S. The van der Waals surface area contributed by atoms with E-state index in [2.05, 4.69) is 5.32 Å². The summed E-state index contributed by atoms with van der Waals surface area (Å²) in [5, 5.41) is 13.7. The lowest BCUT2D eigenvalue weighted by Gasteiger charge is -2.27. The van der Waals surface area contributed by atoms with E-state index in [1.807, 2.05) is 25.3 Å². The van der Waals surface area contributed by atoms with Gasteiger partial charge in [-0.2, -0.15) is 0 Å². The van der Waals surface area contributed by atoms with Gasteiger partial charge in [-0.25, -0.2) is 4.79 Å². The van der Waals surface area contributed by atoms with E-state index in [0.717, 1.165) is 6.42 Å². The Morgan fingerprint density at radius 2 is 2.08 bits per heavy atom. The first-order valence-electron chi connectivity index (χ1n) is 8.22. The molecule has 1 aromatic heterocycles. The molecule has 2 rings (SSSR count). The summed E-state index contributed by atoms with van der Waals surface area (Å²) in [5.41, 5.74) is 1.19. The molecule has 0 radical (unpaired) electrons. The molecule has 1 atom stereocenters. The Bertz CT molecular complexity index is 611. The van der Waals surface area contributed by atoms with Crippen LogP contribution in [0.2, 0.25) is 0 Å². The highest BCUT2D eigenvalue weighted by Crippen LogP contribution is 2.24. The zero-order valence-corrected chi connectivity index (χ0v) is 14.9. The summed E-state index contributed by atoms with van der Waals surface area (Å²) in [6, 6.07) is 1.14. The van der Waals surface area contributed by atoms with Crippen LogP contribution in [0.3, 0.4) is 0 Å². The molecule has 0 bridgehead atoms. The first kappa shape index (κ1) is 18.4. The van der Waals surface area contributed by atoms with Gasteiger partial charge in [-0.15, -0.1) is 11.3 Å². The largest absolute Gasteiger partial charge is 0.480 e. The maximum atomic E-state index is 12.3. The van der Waals surface area contributed by atoms with Gasteiger partial charge in [-0.05, 0) is 35.8 Å². The van der Waals surface area contributed by atoms with Gasteiger partial charge < -0.3 is 15.3 Å². The third kappa shape index (κ3) is 5.06. The number of fused-ring (bicyclic) bond motifs is 1. The van der Waals surface area contributed by atoms with Gasteiger partial charge >= 0.3 is 5.97 Å². The van der Waals surface area contributed by atoms with Gasteiger partial charge in [0, 0.05) is 30.8 Å². The number of nitrogens with one attached hydrogen (secondary N) is 1. The highest BCUT2D eigenvalue weighted by Gasteiger charge is 2.24. The number of nitrogens with zero attached hydrogens (tertiary/aromatic N) is 1. The summed E-state index contributed by atoms with van der Waals surface area (Å²) in [7, 11) is 0. The SMILES string of the molecule is CC(C)C[C@@H](NC(=O)CCC(=O)N1CCc2sccc2C1)C(=O)O. The number of carbonyl (C=O) groups is 3. The molecule has 2 N–H and O–H groups in total. The summed E-state index contributed by atoms with van der Waals surface area (Å²) >= 11 is 1.71. The normalized spacial score (nSPS) is 15.0. The fourth-order valence-corrected chi connectivity index (χ4v) is 3.69. The number of hydrogen-bond donors (Lipinski definition) is 2. The molecule has 24 heavy (non-hydrogen) atoms. The Morgan fingerprint density at radius 3 is 2.75 bits per heavy atom. The average Bonchev–Trinajstić information content (AvgIpc) is 2.98. The van der Waals surface area contributed by atoms with E-state index in [9.17, 15) is 14.4 Å². The molecule has 0 spiro atoms. The van der Waals surface area contributed by atoms with E-state index >= 15 is 0 Å². The van der Waals surface area contributed by atoms with Crippen LogP contribution in [0, 0.1) is 5.92 Å². The van der Waals surface area contributed by atoms with Crippen LogP contribution in [0.25, 0.3) is 0 Å². The van der Waals surface area contributed by atoms with Crippen molar-refractivity contribution < 1.29 is 19.5 Å². The van der Waals surface area contributed by atoms with Gasteiger partial charge in [0.15, 0.2) is 0 Å². The summed E-state index contributed by atoms with van der Waals surface area (Å²) in [6.45, 7) is 5.09. The van der Waals surface area contributed by atoms with Crippen molar-refractivity contribution in [3.63, 3.8) is 0 Å². The summed E-state index contributed by atoms with van der Waals surface area (Å²) in [6.07, 6.45) is 1.37. The summed E-state index contributed by atoms with van der Waals surface area (Å²) < 4.78 is 0. The van der Waals surface area contributed by atoms with Gasteiger partial charge in [0.1, 0.15) is 6.04 Å². The van der Waals surface area contributed by atoms with Crippen molar-refractivity contribution in [3.8, 4) is 0 Å². The monoisotopic (exact) mass is 352 g/mol. The lowest BCUT2D eigenvalue weighted by molar-refractivity contribution is -0.142. The summed E-state index contributed by atoms with van der Waals surface area (Å²) in [5.74, 6) is -1.31. The number of thiophene rings is 1. The predicted molar refractivity (Wildman–Crippen MR) is 91.7 cm³/mol. The van der Waals surface area contributed by atoms with E-state index in [0.29, 0.717) is 19.5 Å². The standard InChI is InChI=1S/C17H24N2O4S/c1-11(2)9-13(17(22)23)18-15(20)3-4-16(21)19-7-5-14-12(10-19)6-8-24-14/h6,8,11,13H,3-5,7,9-10H2,1-2H3,(H,18,20)(H,22,23)/t13-/m1/s1. The van der Waals surface area contributed by atoms with Crippen LogP contribution in [0.15, 0.2) is 11.4 Å². The quantitative estimate of drug-likeness (QED) is 0.786. The number of carbonyl (C=O) groups excluding carboxylic acids is 2. The molecule has 0 unspecified atom stereocenters. The van der Waals surface area contributed by atoms with Crippen molar-refractivity contribution in [1.29, 1.82) is 0 Å². The second-order valence-corrected chi connectivity index (χ2v) is 7.52. The smallest absolute Gasteiger partial charge is 0.326 e. The summed E-state index contributed by atoms with van der Waals surface area (Å²) in [4.78, 5) is 38.5. The highest BCUT2D eigenvalue weighted by molar-refractivity contribution is 7.10.